The third-order valence-corrected chi connectivity index (χ3v) is 6.83. The summed E-state index contributed by atoms with van der Waals surface area (Å²) in [6.45, 7) is 0.660. The van der Waals surface area contributed by atoms with E-state index in [9.17, 15) is 4.79 Å². The second kappa shape index (κ2) is 9.43. The number of thiophene rings is 1. The molecule has 0 saturated heterocycles. The lowest BCUT2D eigenvalue weighted by Gasteiger charge is -2.25. The van der Waals surface area contributed by atoms with Crippen LogP contribution in [0, 0.1) is 0 Å². The molecule has 1 aliphatic carbocycles. The molecule has 1 N–H and O–H groups in total. The fraction of sp³-hybridized carbons (Fsp3) is 0.450. The molecule has 3 aromatic rings. The first-order chi connectivity index (χ1) is 13.8. The van der Waals surface area contributed by atoms with Crippen LogP contribution in [0.5, 0.6) is 0 Å². The molecule has 1 fully saturated rings. The highest BCUT2D eigenvalue weighted by Crippen LogP contribution is 2.35. The minimum Gasteiger partial charge on any atom is -0.461 e. The van der Waals surface area contributed by atoms with Crippen LogP contribution in [-0.2, 0) is 11.2 Å². The summed E-state index contributed by atoms with van der Waals surface area (Å²) in [5, 5.41) is 14.6. The molecule has 4 rings (SSSR count). The molecule has 0 atom stereocenters. The Morgan fingerprint density at radius 2 is 2.14 bits per heavy atom. The Morgan fingerprint density at radius 3 is 2.89 bits per heavy atom. The van der Waals surface area contributed by atoms with Crippen molar-refractivity contribution in [3.05, 3.63) is 40.8 Å². The highest BCUT2D eigenvalue weighted by molar-refractivity contribution is 7.99. The van der Waals surface area contributed by atoms with Crippen LogP contribution in [0.3, 0.4) is 0 Å². The number of carbonyl (C=O) groups excluding carboxylic acids is 1. The van der Waals surface area contributed by atoms with E-state index in [2.05, 4.69) is 31.5 Å². The van der Waals surface area contributed by atoms with Gasteiger partial charge in [-0.1, -0.05) is 37.1 Å². The van der Waals surface area contributed by atoms with Crippen molar-refractivity contribution in [3.8, 4) is 11.6 Å². The average Bonchev–Trinajstić information content (AvgIpc) is 3.48. The van der Waals surface area contributed by atoms with Crippen LogP contribution in [0.15, 0.2) is 45.5 Å². The van der Waals surface area contributed by atoms with Crippen LogP contribution >= 0.6 is 23.1 Å². The predicted octanol–water partition coefficient (Wildman–Crippen LogP) is 4.56. The first-order valence-corrected chi connectivity index (χ1v) is 11.6. The van der Waals surface area contributed by atoms with Gasteiger partial charge in [-0.05, 0) is 42.8 Å². The van der Waals surface area contributed by atoms with Gasteiger partial charge in [0, 0.05) is 17.5 Å². The molecular formula is C20H24N4O2S2. The Bertz CT molecular complexity index is 868. The highest BCUT2D eigenvalue weighted by Gasteiger charge is 2.25. The Balaban J connectivity index is 1.40. The van der Waals surface area contributed by atoms with E-state index in [1.807, 2.05) is 18.2 Å². The minimum absolute atomic E-state index is 0.0271. The summed E-state index contributed by atoms with van der Waals surface area (Å²) >= 11 is 3.17. The lowest BCUT2D eigenvalue weighted by atomic mass is 9.95. The Morgan fingerprint density at radius 1 is 1.25 bits per heavy atom. The summed E-state index contributed by atoms with van der Waals surface area (Å²) in [4.78, 5) is 13.5. The molecule has 6 nitrogen and oxygen atoms in total. The molecule has 3 heterocycles. The lowest BCUT2D eigenvalue weighted by molar-refractivity contribution is -0.118. The predicted molar refractivity (Wildman–Crippen MR) is 112 cm³/mol. The first kappa shape index (κ1) is 19.3. The largest absolute Gasteiger partial charge is 0.461 e. The molecule has 1 aliphatic rings. The second-order valence-corrected chi connectivity index (χ2v) is 8.89. The highest BCUT2D eigenvalue weighted by atomic mass is 32.2. The van der Waals surface area contributed by atoms with E-state index in [4.69, 9.17) is 4.42 Å². The molecule has 0 aromatic carbocycles. The number of hydrogen-bond acceptors (Lipinski definition) is 6. The van der Waals surface area contributed by atoms with Crippen molar-refractivity contribution in [3.63, 3.8) is 0 Å². The minimum atomic E-state index is 0.0271. The third kappa shape index (κ3) is 4.67. The van der Waals surface area contributed by atoms with Gasteiger partial charge in [-0.15, -0.1) is 21.5 Å². The SMILES string of the molecule is O=C(CSc1nnc(-c2ccco2)n1C1CCCCC1)NCCc1cccs1. The normalized spacial score (nSPS) is 15.0. The first-order valence-electron chi connectivity index (χ1n) is 9.72. The topological polar surface area (TPSA) is 73.0 Å². The molecule has 0 spiro atoms. The number of aromatic nitrogens is 3. The van der Waals surface area contributed by atoms with E-state index < -0.39 is 0 Å². The van der Waals surface area contributed by atoms with Crippen LogP contribution in [-0.4, -0.2) is 33.0 Å². The van der Waals surface area contributed by atoms with Crippen molar-refractivity contribution in [2.75, 3.05) is 12.3 Å². The zero-order chi connectivity index (χ0) is 19.2. The van der Waals surface area contributed by atoms with Crippen molar-refractivity contribution in [1.82, 2.24) is 20.1 Å². The van der Waals surface area contributed by atoms with Gasteiger partial charge < -0.3 is 9.73 Å². The van der Waals surface area contributed by atoms with E-state index in [1.165, 1.54) is 35.9 Å². The number of nitrogens with one attached hydrogen (secondary N) is 1. The summed E-state index contributed by atoms with van der Waals surface area (Å²) < 4.78 is 7.75. The van der Waals surface area contributed by atoms with Gasteiger partial charge >= 0.3 is 0 Å². The number of hydrogen-bond donors (Lipinski definition) is 1. The van der Waals surface area contributed by atoms with Gasteiger partial charge in [0.2, 0.25) is 11.7 Å². The van der Waals surface area contributed by atoms with Crippen LogP contribution < -0.4 is 5.32 Å². The molecule has 1 saturated carbocycles. The van der Waals surface area contributed by atoms with Gasteiger partial charge in [0.05, 0.1) is 12.0 Å². The smallest absolute Gasteiger partial charge is 0.230 e. The van der Waals surface area contributed by atoms with Gasteiger partial charge in [0.15, 0.2) is 10.9 Å². The van der Waals surface area contributed by atoms with Crippen molar-refractivity contribution in [2.24, 2.45) is 0 Å². The third-order valence-electron chi connectivity index (χ3n) is 4.95. The quantitative estimate of drug-likeness (QED) is 0.545. The summed E-state index contributed by atoms with van der Waals surface area (Å²) in [5.74, 6) is 1.86. The number of rotatable bonds is 8. The van der Waals surface area contributed by atoms with Crippen LogP contribution in [0.1, 0.15) is 43.0 Å². The van der Waals surface area contributed by atoms with E-state index >= 15 is 0 Å². The Labute approximate surface area is 172 Å². The molecule has 8 heteroatoms. The van der Waals surface area contributed by atoms with Crippen molar-refractivity contribution in [2.45, 2.75) is 49.7 Å². The summed E-state index contributed by atoms with van der Waals surface area (Å²) in [6.07, 6.45) is 8.47. The number of amides is 1. The molecule has 1 amide bonds. The van der Waals surface area contributed by atoms with Gasteiger partial charge in [-0.2, -0.15) is 0 Å². The van der Waals surface area contributed by atoms with Crippen LogP contribution in [0.2, 0.25) is 0 Å². The summed E-state index contributed by atoms with van der Waals surface area (Å²) in [5.41, 5.74) is 0. The molecule has 0 unspecified atom stereocenters. The van der Waals surface area contributed by atoms with E-state index in [0.717, 1.165) is 36.0 Å². The molecular weight excluding hydrogens is 392 g/mol. The van der Waals surface area contributed by atoms with Gasteiger partial charge in [-0.25, -0.2) is 0 Å². The van der Waals surface area contributed by atoms with Crippen molar-refractivity contribution >= 4 is 29.0 Å². The molecule has 3 aromatic heterocycles. The summed E-state index contributed by atoms with van der Waals surface area (Å²) in [6, 6.07) is 8.27. The zero-order valence-corrected chi connectivity index (χ0v) is 17.3. The van der Waals surface area contributed by atoms with E-state index in [-0.39, 0.29) is 5.91 Å². The van der Waals surface area contributed by atoms with Crippen molar-refractivity contribution < 1.29 is 9.21 Å². The molecule has 0 radical (unpaired) electrons. The maximum Gasteiger partial charge on any atom is 0.230 e. The zero-order valence-electron chi connectivity index (χ0n) is 15.7. The number of furan rings is 1. The van der Waals surface area contributed by atoms with E-state index in [0.29, 0.717) is 18.3 Å². The Hall–Kier alpha value is -2.06. The van der Waals surface area contributed by atoms with Gasteiger partial charge in [-0.3, -0.25) is 9.36 Å². The number of carbonyl (C=O) groups is 1. The lowest BCUT2D eigenvalue weighted by Crippen LogP contribution is -2.27. The maximum absolute atomic E-state index is 12.3. The molecule has 148 valence electrons. The van der Waals surface area contributed by atoms with Gasteiger partial charge in [0.1, 0.15) is 0 Å². The Kier molecular flexibility index (Phi) is 6.49. The fourth-order valence-electron chi connectivity index (χ4n) is 3.58. The molecule has 0 bridgehead atoms. The monoisotopic (exact) mass is 416 g/mol. The second-order valence-electron chi connectivity index (χ2n) is 6.91. The van der Waals surface area contributed by atoms with Crippen LogP contribution in [0.4, 0.5) is 0 Å². The van der Waals surface area contributed by atoms with Crippen LogP contribution in [0.25, 0.3) is 11.6 Å². The van der Waals surface area contributed by atoms with E-state index in [1.54, 1.807) is 17.6 Å². The summed E-state index contributed by atoms with van der Waals surface area (Å²) in [7, 11) is 0. The maximum atomic E-state index is 12.3. The van der Waals surface area contributed by atoms with Crippen molar-refractivity contribution in [1.29, 1.82) is 0 Å². The number of nitrogens with zero attached hydrogens (tertiary/aromatic N) is 3. The standard InChI is InChI=1S/C20H24N4O2S2/c25-18(21-11-10-16-8-5-13-27-16)14-28-20-23-22-19(17-9-4-12-26-17)24(20)15-6-2-1-3-7-15/h4-5,8-9,12-13,15H,1-3,6-7,10-11,14H2,(H,21,25). The molecule has 0 aliphatic heterocycles. The molecule has 28 heavy (non-hydrogen) atoms. The number of thioether (sulfide) groups is 1. The van der Waals surface area contributed by atoms with Gasteiger partial charge in [0.25, 0.3) is 0 Å². The fourth-order valence-corrected chi connectivity index (χ4v) is 5.12. The average molecular weight is 417 g/mol.